The van der Waals surface area contributed by atoms with E-state index in [1.54, 1.807) is 6.92 Å². The summed E-state index contributed by atoms with van der Waals surface area (Å²) in [5.41, 5.74) is 3.88. The standard InChI is InChI=1S/C30H24N2O13S2/c1-13-11-21(33)22(34)12-14(13)9-10-44-30(37)18-4-2-3-15(24(18)29(35)36)23-16-5-7-19(31)27(46(38,39)40)25(16)45-26-17(23)6-8-20(32)28(26)47(41,42)43/h2-8,11-12,31,33-34H,9-10,32H2,1H3,(H,35,36)(H,38,39,40)(H,41,42,43). The van der Waals surface area contributed by atoms with Gasteiger partial charge in [0.2, 0.25) is 0 Å². The molecule has 3 aromatic rings. The molecule has 1 heterocycles. The summed E-state index contributed by atoms with van der Waals surface area (Å²) >= 11 is 0. The number of nitrogens with two attached hydrogens (primary N) is 1. The second-order valence-corrected chi connectivity index (χ2v) is 13.0. The van der Waals surface area contributed by atoms with Crippen molar-refractivity contribution in [1.82, 2.24) is 0 Å². The number of benzene rings is 4. The van der Waals surface area contributed by atoms with Crippen molar-refractivity contribution in [3.63, 3.8) is 0 Å². The molecule has 3 aromatic carbocycles. The zero-order chi connectivity index (χ0) is 34.6. The van der Waals surface area contributed by atoms with E-state index < -0.39 is 75.5 Å². The number of aromatic hydroxyl groups is 2. The van der Waals surface area contributed by atoms with E-state index in [9.17, 15) is 50.8 Å². The number of carboxylic acid groups (broad SMARTS) is 1. The number of aromatic carboxylic acids is 1. The monoisotopic (exact) mass is 684 g/mol. The van der Waals surface area contributed by atoms with E-state index >= 15 is 0 Å². The maximum atomic E-state index is 13.3. The predicted molar refractivity (Wildman–Crippen MR) is 164 cm³/mol. The van der Waals surface area contributed by atoms with Gasteiger partial charge in [0.05, 0.1) is 28.8 Å². The van der Waals surface area contributed by atoms with Crippen LogP contribution in [0.25, 0.3) is 33.4 Å². The van der Waals surface area contributed by atoms with Crippen LogP contribution in [0.1, 0.15) is 31.8 Å². The molecule has 2 aliphatic rings. The van der Waals surface area contributed by atoms with E-state index in [4.69, 9.17) is 20.3 Å². The Labute approximate surface area is 265 Å². The first-order chi connectivity index (χ1) is 21.9. The number of carbonyl (C=O) groups excluding carboxylic acids is 1. The van der Waals surface area contributed by atoms with E-state index in [2.05, 4.69) is 0 Å². The Bertz CT molecular complexity index is 2400. The maximum absolute atomic E-state index is 13.3. The van der Waals surface area contributed by atoms with E-state index in [-0.39, 0.29) is 46.6 Å². The van der Waals surface area contributed by atoms with Gasteiger partial charge in [-0.3, -0.25) is 14.5 Å². The Hall–Kier alpha value is -5.49. The Morgan fingerprint density at radius 2 is 1.57 bits per heavy atom. The molecule has 8 N–H and O–H groups in total. The topological polar surface area (TPSA) is 276 Å². The van der Waals surface area contributed by atoms with Crippen molar-refractivity contribution in [1.29, 1.82) is 5.41 Å². The Balaban J connectivity index is 1.76. The Morgan fingerprint density at radius 1 is 0.915 bits per heavy atom. The fraction of sp³-hybridized carbons (Fsp3) is 0.100. The maximum Gasteiger partial charge on any atom is 0.339 e. The lowest BCUT2D eigenvalue weighted by Crippen LogP contribution is -2.17. The molecule has 0 atom stereocenters. The van der Waals surface area contributed by atoms with Crippen molar-refractivity contribution in [2.45, 2.75) is 23.1 Å². The number of phenolic OH excluding ortho intramolecular Hbond substituents is 2. The molecule has 0 bridgehead atoms. The summed E-state index contributed by atoms with van der Waals surface area (Å²) in [7, 11) is -10.4. The van der Waals surface area contributed by atoms with Crippen molar-refractivity contribution in [2.24, 2.45) is 0 Å². The van der Waals surface area contributed by atoms with Gasteiger partial charge in [-0.15, -0.1) is 0 Å². The third kappa shape index (κ3) is 5.95. The van der Waals surface area contributed by atoms with Gasteiger partial charge in [-0.25, -0.2) is 9.59 Å². The molecular formula is C30H24N2O13S2. The molecule has 1 aliphatic heterocycles. The number of fused-ring (bicyclic) bond motifs is 2. The van der Waals surface area contributed by atoms with Crippen molar-refractivity contribution < 1.29 is 60.0 Å². The molecule has 0 fully saturated rings. The Morgan fingerprint density at radius 3 is 2.21 bits per heavy atom. The lowest BCUT2D eigenvalue weighted by atomic mass is 9.88. The number of phenols is 2. The van der Waals surface area contributed by atoms with E-state index in [1.807, 2.05) is 0 Å². The minimum Gasteiger partial charge on any atom is -0.504 e. The van der Waals surface area contributed by atoms with Gasteiger partial charge < -0.3 is 30.2 Å². The highest BCUT2D eigenvalue weighted by Gasteiger charge is 2.33. The first kappa shape index (κ1) is 32.9. The molecule has 244 valence electrons. The highest BCUT2D eigenvalue weighted by atomic mass is 32.2. The number of hydrogen-bond acceptors (Lipinski definition) is 12. The molecule has 15 nitrogen and oxygen atoms in total. The normalized spacial score (nSPS) is 12.0. The number of carbonyl (C=O) groups is 2. The van der Waals surface area contributed by atoms with Crippen LogP contribution in [0.4, 0.5) is 5.69 Å². The summed E-state index contributed by atoms with van der Waals surface area (Å²) in [6.07, 6.45) is 0.0800. The van der Waals surface area contributed by atoms with Crippen LogP contribution in [0.2, 0.25) is 0 Å². The third-order valence-electron chi connectivity index (χ3n) is 7.32. The first-order valence-electron chi connectivity index (χ1n) is 13.3. The summed E-state index contributed by atoms with van der Waals surface area (Å²) in [6.45, 7) is 1.38. The van der Waals surface area contributed by atoms with Gasteiger partial charge in [-0.1, -0.05) is 12.1 Å². The van der Waals surface area contributed by atoms with Crippen LogP contribution in [0, 0.1) is 12.3 Å². The van der Waals surface area contributed by atoms with Crippen molar-refractivity contribution >= 4 is 48.8 Å². The summed E-state index contributed by atoms with van der Waals surface area (Å²) in [6, 6.07) is 10.7. The number of ether oxygens (including phenoxy) is 1. The van der Waals surface area contributed by atoms with Gasteiger partial charge >= 0.3 is 11.9 Å². The number of rotatable bonds is 8. The average molecular weight is 685 g/mol. The van der Waals surface area contributed by atoms with Gasteiger partial charge in [0, 0.05) is 22.9 Å². The van der Waals surface area contributed by atoms with Crippen molar-refractivity contribution in [2.75, 3.05) is 12.3 Å². The first-order valence-corrected chi connectivity index (χ1v) is 16.2. The largest absolute Gasteiger partial charge is 0.504 e. The molecule has 0 unspecified atom stereocenters. The molecule has 0 amide bonds. The van der Waals surface area contributed by atoms with Crippen LogP contribution in [0.5, 0.6) is 11.5 Å². The predicted octanol–water partition coefficient (Wildman–Crippen LogP) is 3.58. The number of nitrogen functional groups attached to an aromatic ring is 1. The molecule has 0 saturated carbocycles. The fourth-order valence-corrected chi connectivity index (χ4v) is 6.77. The molecule has 17 heteroatoms. The van der Waals surface area contributed by atoms with Crippen LogP contribution in [0.3, 0.4) is 0 Å². The highest BCUT2D eigenvalue weighted by Crippen LogP contribution is 2.46. The number of hydrogen-bond donors (Lipinski definition) is 7. The smallest absolute Gasteiger partial charge is 0.339 e. The zero-order valence-corrected chi connectivity index (χ0v) is 25.6. The molecule has 47 heavy (non-hydrogen) atoms. The highest BCUT2D eigenvalue weighted by molar-refractivity contribution is 7.86. The summed E-state index contributed by atoms with van der Waals surface area (Å²) in [4.78, 5) is 23.9. The molecular weight excluding hydrogens is 660 g/mol. The van der Waals surface area contributed by atoms with Crippen LogP contribution in [-0.2, 0) is 31.4 Å². The lowest BCUT2D eigenvalue weighted by Gasteiger charge is -2.20. The van der Waals surface area contributed by atoms with Gasteiger partial charge in [0.25, 0.3) is 20.2 Å². The molecule has 5 rings (SSSR count). The summed E-state index contributed by atoms with van der Waals surface area (Å²) in [5.74, 6) is -4.23. The number of carboxylic acids is 1. The molecule has 0 spiro atoms. The number of anilines is 1. The molecule has 0 saturated heterocycles. The fourth-order valence-electron chi connectivity index (χ4n) is 5.28. The van der Waals surface area contributed by atoms with Crippen LogP contribution in [0.15, 0.2) is 68.8 Å². The quantitative estimate of drug-likeness (QED) is 0.0405. The number of aryl methyl sites for hydroxylation is 1. The van der Waals surface area contributed by atoms with E-state index in [0.29, 0.717) is 11.1 Å². The second-order valence-electron chi connectivity index (χ2n) is 10.3. The van der Waals surface area contributed by atoms with Crippen molar-refractivity contribution in [3.8, 4) is 33.9 Å². The summed E-state index contributed by atoms with van der Waals surface area (Å²) in [5, 5.41) is 37.0. The number of esters is 1. The van der Waals surface area contributed by atoms with E-state index in [0.717, 1.165) is 18.2 Å². The SMILES string of the molecule is Cc1cc(O)c(O)cc1CCOC(=O)c1cccc(-c2c3ccc(=N)c(S(=O)(=O)O)c-3oc3c(S(=O)(=O)O)c(N)ccc23)c1C(=O)O. The minimum absolute atomic E-state index is 0.0800. The lowest BCUT2D eigenvalue weighted by molar-refractivity contribution is 0.0498. The zero-order valence-electron chi connectivity index (χ0n) is 24.0. The van der Waals surface area contributed by atoms with Gasteiger partial charge in [-0.05, 0) is 66.1 Å². The number of nitrogens with one attached hydrogen (secondary N) is 1. The van der Waals surface area contributed by atoms with Crippen LogP contribution in [-0.4, -0.2) is 59.8 Å². The summed E-state index contributed by atoms with van der Waals surface area (Å²) < 4.78 is 80.5. The Kier molecular flexibility index (Phi) is 8.19. The molecule has 0 aromatic heterocycles. The molecule has 0 radical (unpaired) electrons. The van der Waals surface area contributed by atoms with Gasteiger partial charge in [0.15, 0.2) is 32.6 Å². The van der Waals surface area contributed by atoms with Crippen LogP contribution >= 0.6 is 0 Å². The van der Waals surface area contributed by atoms with Gasteiger partial charge in [0.1, 0.15) is 0 Å². The van der Waals surface area contributed by atoms with Crippen molar-refractivity contribution in [3.05, 3.63) is 82.2 Å². The van der Waals surface area contributed by atoms with E-state index in [1.165, 1.54) is 36.4 Å². The van der Waals surface area contributed by atoms with Crippen LogP contribution < -0.4 is 11.1 Å². The second kappa shape index (κ2) is 11.7. The molecule has 1 aliphatic carbocycles. The minimum atomic E-state index is -5.22. The van der Waals surface area contributed by atoms with Gasteiger partial charge in [-0.2, -0.15) is 16.8 Å². The third-order valence-corrected chi connectivity index (χ3v) is 9.18. The average Bonchev–Trinajstić information content (AvgIpc) is 2.96.